The molecule has 5 heteroatoms. The number of carbonyl (C=O) groups is 1. The summed E-state index contributed by atoms with van der Waals surface area (Å²) in [7, 11) is 1.95. The van der Waals surface area contributed by atoms with E-state index < -0.39 is 0 Å². The smallest absolute Gasteiger partial charge is 0.254 e. The average molecular weight is 298 g/mol. The third-order valence-corrected chi connectivity index (χ3v) is 4.55. The van der Waals surface area contributed by atoms with Gasteiger partial charge in [-0.1, -0.05) is 6.07 Å². The van der Waals surface area contributed by atoms with Gasteiger partial charge in [0.1, 0.15) is 0 Å². The molecule has 1 aromatic heterocycles. The number of hydrogen-bond acceptors (Lipinski definition) is 3. The maximum Gasteiger partial charge on any atom is 0.254 e. The molecule has 22 heavy (non-hydrogen) atoms. The zero-order chi connectivity index (χ0) is 15.9. The second-order valence-electron chi connectivity index (χ2n) is 5.99. The molecule has 1 fully saturated rings. The Labute approximate surface area is 130 Å². The molecule has 2 aromatic rings. The molecule has 5 nitrogen and oxygen atoms in total. The lowest BCUT2D eigenvalue weighted by molar-refractivity contribution is 0.0735. The Morgan fingerprint density at radius 1 is 1.36 bits per heavy atom. The van der Waals surface area contributed by atoms with Crippen LogP contribution in [0.2, 0.25) is 0 Å². The molecule has 116 valence electrons. The molecule has 1 saturated heterocycles. The first-order valence-electron chi connectivity index (χ1n) is 7.65. The number of amides is 1. The van der Waals surface area contributed by atoms with Crippen LogP contribution >= 0.6 is 0 Å². The Hall–Kier alpha value is -2.30. The minimum atomic E-state index is 0.0532. The van der Waals surface area contributed by atoms with Gasteiger partial charge in [-0.15, -0.1) is 0 Å². The van der Waals surface area contributed by atoms with Crippen molar-refractivity contribution in [2.24, 2.45) is 7.05 Å². The van der Waals surface area contributed by atoms with Gasteiger partial charge in [0.15, 0.2) is 0 Å². The summed E-state index contributed by atoms with van der Waals surface area (Å²) in [6.07, 6.45) is 2.01. The van der Waals surface area contributed by atoms with E-state index in [-0.39, 0.29) is 11.9 Å². The molecule has 0 aliphatic carbocycles. The highest BCUT2D eigenvalue weighted by Gasteiger charge is 2.33. The number of benzene rings is 1. The summed E-state index contributed by atoms with van der Waals surface area (Å²) in [5.74, 6) is 0.0532. The van der Waals surface area contributed by atoms with Crippen molar-refractivity contribution >= 4 is 11.6 Å². The topological polar surface area (TPSA) is 64.2 Å². The highest BCUT2D eigenvalue weighted by molar-refractivity contribution is 5.95. The predicted molar refractivity (Wildman–Crippen MR) is 86.5 cm³/mol. The number of anilines is 1. The molecule has 0 spiro atoms. The van der Waals surface area contributed by atoms with E-state index in [1.165, 1.54) is 5.56 Å². The number of rotatable bonds is 2. The van der Waals surface area contributed by atoms with E-state index in [2.05, 4.69) is 12.0 Å². The van der Waals surface area contributed by atoms with Crippen LogP contribution in [-0.2, 0) is 7.05 Å². The first-order valence-corrected chi connectivity index (χ1v) is 7.65. The summed E-state index contributed by atoms with van der Waals surface area (Å²) in [6, 6.07) is 7.32. The van der Waals surface area contributed by atoms with Crippen molar-refractivity contribution < 1.29 is 4.79 Å². The van der Waals surface area contributed by atoms with Gasteiger partial charge in [0.2, 0.25) is 0 Å². The van der Waals surface area contributed by atoms with Gasteiger partial charge in [-0.05, 0) is 44.9 Å². The standard InChI is InChI=1S/C17H22N4O/c1-11-16(12(2)20(3)19-11)15-8-5-9-21(15)17(22)13-6-4-7-14(18)10-13/h4,6-7,10,15H,5,8-9,18H2,1-3H3. The van der Waals surface area contributed by atoms with Crippen LogP contribution in [0.25, 0.3) is 0 Å². The highest BCUT2D eigenvalue weighted by atomic mass is 16.2. The van der Waals surface area contributed by atoms with Crippen LogP contribution in [0.3, 0.4) is 0 Å². The van der Waals surface area contributed by atoms with Crippen molar-refractivity contribution in [2.75, 3.05) is 12.3 Å². The second kappa shape index (κ2) is 5.48. The van der Waals surface area contributed by atoms with Gasteiger partial charge in [-0.2, -0.15) is 5.10 Å². The summed E-state index contributed by atoms with van der Waals surface area (Å²) in [5, 5.41) is 4.49. The van der Waals surface area contributed by atoms with Crippen molar-refractivity contribution in [2.45, 2.75) is 32.7 Å². The van der Waals surface area contributed by atoms with Crippen LogP contribution in [0.5, 0.6) is 0 Å². The number of aromatic nitrogens is 2. The summed E-state index contributed by atoms with van der Waals surface area (Å²) in [5.41, 5.74) is 10.4. The molecule has 1 unspecified atom stereocenters. The van der Waals surface area contributed by atoms with Crippen molar-refractivity contribution in [3.05, 3.63) is 46.8 Å². The van der Waals surface area contributed by atoms with Gasteiger partial charge in [-0.25, -0.2) is 0 Å². The summed E-state index contributed by atoms with van der Waals surface area (Å²) in [6.45, 7) is 4.87. The van der Waals surface area contributed by atoms with Gasteiger partial charge < -0.3 is 10.6 Å². The van der Waals surface area contributed by atoms with E-state index >= 15 is 0 Å². The van der Waals surface area contributed by atoms with Gasteiger partial charge in [-0.3, -0.25) is 9.48 Å². The van der Waals surface area contributed by atoms with Crippen LogP contribution in [0.1, 0.15) is 46.2 Å². The number of hydrogen-bond donors (Lipinski definition) is 1. The largest absolute Gasteiger partial charge is 0.399 e. The van der Waals surface area contributed by atoms with Crippen molar-refractivity contribution in [1.82, 2.24) is 14.7 Å². The van der Waals surface area contributed by atoms with Crippen LogP contribution in [0.15, 0.2) is 24.3 Å². The van der Waals surface area contributed by atoms with Gasteiger partial charge in [0.05, 0.1) is 11.7 Å². The Balaban J connectivity index is 1.95. The predicted octanol–water partition coefficient (Wildman–Crippen LogP) is 2.60. The molecule has 1 atom stereocenters. The maximum atomic E-state index is 12.9. The first-order chi connectivity index (χ1) is 10.5. The Kier molecular flexibility index (Phi) is 3.64. The van der Waals surface area contributed by atoms with E-state index in [1.807, 2.05) is 35.7 Å². The molecule has 0 radical (unpaired) electrons. The fourth-order valence-electron chi connectivity index (χ4n) is 3.42. The van der Waals surface area contributed by atoms with E-state index in [1.54, 1.807) is 12.1 Å². The fraction of sp³-hybridized carbons (Fsp3) is 0.412. The number of nitrogens with two attached hydrogens (primary N) is 1. The lowest BCUT2D eigenvalue weighted by Gasteiger charge is -2.25. The van der Waals surface area contributed by atoms with Gasteiger partial charge in [0.25, 0.3) is 5.91 Å². The maximum absolute atomic E-state index is 12.9. The summed E-state index contributed by atoms with van der Waals surface area (Å²) < 4.78 is 1.89. The van der Waals surface area contributed by atoms with Gasteiger partial charge >= 0.3 is 0 Å². The Bertz CT molecular complexity index is 719. The number of likely N-dealkylation sites (tertiary alicyclic amines) is 1. The van der Waals surface area contributed by atoms with Crippen LogP contribution in [-0.4, -0.2) is 27.1 Å². The monoisotopic (exact) mass is 298 g/mol. The zero-order valence-electron chi connectivity index (χ0n) is 13.3. The molecule has 0 bridgehead atoms. The normalized spacial score (nSPS) is 18.0. The van der Waals surface area contributed by atoms with Crippen molar-refractivity contribution in [3.8, 4) is 0 Å². The average Bonchev–Trinajstić information content (AvgIpc) is 3.04. The minimum Gasteiger partial charge on any atom is -0.399 e. The molecular weight excluding hydrogens is 276 g/mol. The Morgan fingerprint density at radius 2 is 2.14 bits per heavy atom. The highest BCUT2D eigenvalue weighted by Crippen LogP contribution is 2.36. The quantitative estimate of drug-likeness (QED) is 0.867. The van der Waals surface area contributed by atoms with Gasteiger partial charge in [0, 0.05) is 36.1 Å². The van der Waals surface area contributed by atoms with Crippen molar-refractivity contribution in [3.63, 3.8) is 0 Å². The summed E-state index contributed by atoms with van der Waals surface area (Å²) >= 11 is 0. The molecule has 0 saturated carbocycles. The SMILES string of the molecule is Cc1nn(C)c(C)c1C1CCCN1C(=O)c1cccc(N)c1. The molecular formula is C17H22N4O. The molecule has 1 aliphatic heterocycles. The minimum absolute atomic E-state index is 0.0532. The van der Waals surface area contributed by atoms with E-state index in [9.17, 15) is 4.79 Å². The molecule has 1 aromatic carbocycles. The molecule has 2 heterocycles. The number of nitrogen functional groups attached to an aromatic ring is 1. The zero-order valence-corrected chi connectivity index (χ0v) is 13.3. The van der Waals surface area contributed by atoms with Crippen molar-refractivity contribution in [1.29, 1.82) is 0 Å². The van der Waals surface area contributed by atoms with Crippen LogP contribution in [0, 0.1) is 13.8 Å². The fourth-order valence-corrected chi connectivity index (χ4v) is 3.42. The molecule has 1 aliphatic rings. The van der Waals surface area contributed by atoms with Crippen LogP contribution < -0.4 is 5.73 Å². The number of nitrogens with zero attached hydrogens (tertiary/aromatic N) is 3. The molecule has 3 rings (SSSR count). The summed E-state index contributed by atoms with van der Waals surface area (Å²) in [4.78, 5) is 14.8. The third kappa shape index (κ3) is 2.36. The van der Waals surface area contributed by atoms with E-state index in [0.717, 1.165) is 30.8 Å². The lowest BCUT2D eigenvalue weighted by Crippen LogP contribution is -2.31. The first kappa shape index (κ1) is 14.6. The lowest BCUT2D eigenvalue weighted by atomic mass is 10.0. The van der Waals surface area contributed by atoms with Crippen LogP contribution in [0.4, 0.5) is 5.69 Å². The number of carbonyl (C=O) groups excluding carboxylic acids is 1. The molecule has 2 N–H and O–H groups in total. The van der Waals surface area contributed by atoms with E-state index in [4.69, 9.17) is 5.73 Å². The molecule has 1 amide bonds. The Morgan fingerprint density at radius 3 is 2.77 bits per heavy atom. The second-order valence-corrected chi connectivity index (χ2v) is 5.99. The number of aryl methyl sites for hydroxylation is 2. The van der Waals surface area contributed by atoms with E-state index in [0.29, 0.717) is 11.3 Å². The third-order valence-electron chi connectivity index (χ3n) is 4.55.